The summed E-state index contributed by atoms with van der Waals surface area (Å²) in [5, 5.41) is 7.93. The van der Waals surface area contributed by atoms with Gasteiger partial charge in [0.25, 0.3) is 0 Å². The van der Waals surface area contributed by atoms with Crippen LogP contribution < -0.4 is 4.74 Å². The van der Waals surface area contributed by atoms with Crippen molar-refractivity contribution in [2.24, 2.45) is 0 Å². The summed E-state index contributed by atoms with van der Waals surface area (Å²) in [5.41, 5.74) is 0.814. The Morgan fingerprint density at radius 1 is 1.13 bits per heavy atom. The van der Waals surface area contributed by atoms with Gasteiger partial charge in [-0.25, -0.2) is 8.42 Å². The maximum absolute atomic E-state index is 12.7. The van der Waals surface area contributed by atoms with E-state index in [1.807, 2.05) is 13.0 Å². The van der Waals surface area contributed by atoms with E-state index >= 15 is 0 Å². The highest BCUT2D eigenvalue weighted by Crippen LogP contribution is 2.22. The summed E-state index contributed by atoms with van der Waals surface area (Å²) >= 11 is 0. The van der Waals surface area contributed by atoms with E-state index in [-0.39, 0.29) is 6.10 Å². The van der Waals surface area contributed by atoms with Gasteiger partial charge in [0.2, 0.25) is 15.9 Å². The molecule has 2 heterocycles. The van der Waals surface area contributed by atoms with Gasteiger partial charge in [-0.15, -0.1) is 5.10 Å². The molecule has 0 radical (unpaired) electrons. The molecule has 0 amide bonds. The average Bonchev–Trinajstić information content (AvgIpc) is 2.58. The van der Waals surface area contributed by atoms with Crippen LogP contribution in [0.5, 0.6) is 5.88 Å². The van der Waals surface area contributed by atoms with E-state index in [4.69, 9.17) is 4.74 Å². The lowest BCUT2D eigenvalue weighted by Crippen LogP contribution is -2.44. The average molecular weight is 333 g/mol. The Balaban J connectivity index is 1.72. The second kappa shape index (κ2) is 6.64. The van der Waals surface area contributed by atoms with Crippen molar-refractivity contribution in [3.05, 3.63) is 48.2 Å². The molecule has 23 heavy (non-hydrogen) atoms. The van der Waals surface area contributed by atoms with Gasteiger partial charge in [0.15, 0.2) is 0 Å². The lowest BCUT2D eigenvalue weighted by molar-refractivity contribution is 0.123. The third kappa shape index (κ3) is 3.68. The number of sulfonamides is 1. The highest BCUT2D eigenvalue weighted by molar-refractivity contribution is 7.89. The maximum atomic E-state index is 12.7. The van der Waals surface area contributed by atoms with Crippen LogP contribution in [0, 0.1) is 6.92 Å². The van der Waals surface area contributed by atoms with Gasteiger partial charge in [0.1, 0.15) is 6.10 Å². The van der Waals surface area contributed by atoms with Crippen LogP contribution in [0.15, 0.2) is 47.4 Å². The number of benzene rings is 1. The summed E-state index contributed by atoms with van der Waals surface area (Å²) < 4.78 is 32.6. The van der Waals surface area contributed by atoms with Gasteiger partial charge in [-0.05, 0) is 38.0 Å². The first-order valence-electron chi connectivity index (χ1n) is 7.58. The molecule has 0 spiro atoms. The summed E-state index contributed by atoms with van der Waals surface area (Å²) in [6.45, 7) is 2.69. The van der Waals surface area contributed by atoms with Crippen LogP contribution in [0.25, 0.3) is 0 Å². The van der Waals surface area contributed by atoms with Crippen molar-refractivity contribution in [3.63, 3.8) is 0 Å². The van der Waals surface area contributed by atoms with Crippen molar-refractivity contribution >= 4 is 10.0 Å². The minimum absolute atomic E-state index is 0.209. The van der Waals surface area contributed by atoms with Gasteiger partial charge in [-0.1, -0.05) is 18.2 Å². The van der Waals surface area contributed by atoms with Crippen LogP contribution in [0.1, 0.15) is 18.5 Å². The molecule has 0 N–H and O–H groups in total. The zero-order valence-corrected chi connectivity index (χ0v) is 13.7. The fraction of sp³-hybridized carbons (Fsp3) is 0.375. The Morgan fingerprint density at radius 2 is 1.91 bits per heavy atom. The first-order valence-corrected chi connectivity index (χ1v) is 9.02. The van der Waals surface area contributed by atoms with Crippen LogP contribution in [0.2, 0.25) is 0 Å². The summed E-state index contributed by atoms with van der Waals surface area (Å²) in [6, 6.07) is 12.1. The SMILES string of the molecule is Cc1ccc(OC2CCCN(S(=O)(=O)c3ccccc3)C2)nn1. The van der Waals surface area contributed by atoms with E-state index in [0.717, 1.165) is 18.5 Å². The largest absolute Gasteiger partial charge is 0.472 e. The molecule has 1 atom stereocenters. The van der Waals surface area contributed by atoms with Crippen LogP contribution in [0.3, 0.4) is 0 Å². The highest BCUT2D eigenvalue weighted by atomic mass is 32.2. The van der Waals surface area contributed by atoms with Gasteiger partial charge in [-0.3, -0.25) is 0 Å². The Hall–Kier alpha value is -1.99. The van der Waals surface area contributed by atoms with Crippen molar-refractivity contribution < 1.29 is 13.2 Å². The molecule has 2 aromatic rings. The zero-order valence-electron chi connectivity index (χ0n) is 12.9. The van der Waals surface area contributed by atoms with E-state index in [1.165, 1.54) is 4.31 Å². The molecule has 1 unspecified atom stereocenters. The quantitative estimate of drug-likeness (QED) is 0.856. The third-order valence-electron chi connectivity index (χ3n) is 3.78. The second-order valence-corrected chi connectivity index (χ2v) is 7.51. The summed E-state index contributed by atoms with van der Waals surface area (Å²) in [5.74, 6) is 0.430. The van der Waals surface area contributed by atoms with Gasteiger partial charge in [0, 0.05) is 12.6 Å². The molecule has 3 rings (SSSR count). The molecule has 1 aliphatic heterocycles. The third-order valence-corrected chi connectivity index (χ3v) is 5.66. The molecule has 7 heteroatoms. The molecule has 0 saturated carbocycles. The lowest BCUT2D eigenvalue weighted by Gasteiger charge is -2.31. The zero-order chi connectivity index (χ0) is 16.3. The number of nitrogens with zero attached hydrogens (tertiary/aromatic N) is 3. The first-order chi connectivity index (χ1) is 11.1. The number of aryl methyl sites for hydroxylation is 1. The van der Waals surface area contributed by atoms with E-state index in [1.54, 1.807) is 36.4 Å². The molecule has 1 aromatic carbocycles. The molecule has 1 saturated heterocycles. The Bertz CT molecular complexity index is 748. The molecule has 1 fully saturated rings. The van der Waals surface area contributed by atoms with E-state index in [2.05, 4.69) is 10.2 Å². The van der Waals surface area contributed by atoms with Crippen LogP contribution in [0.4, 0.5) is 0 Å². The molecule has 1 aromatic heterocycles. The van der Waals surface area contributed by atoms with Gasteiger partial charge in [0.05, 0.1) is 17.1 Å². The van der Waals surface area contributed by atoms with Crippen molar-refractivity contribution in [3.8, 4) is 5.88 Å². The van der Waals surface area contributed by atoms with E-state index < -0.39 is 10.0 Å². The Morgan fingerprint density at radius 3 is 2.61 bits per heavy atom. The van der Waals surface area contributed by atoms with Crippen LogP contribution >= 0.6 is 0 Å². The summed E-state index contributed by atoms with van der Waals surface area (Å²) in [4.78, 5) is 0.316. The van der Waals surface area contributed by atoms with E-state index in [9.17, 15) is 8.42 Å². The van der Waals surface area contributed by atoms with Gasteiger partial charge >= 0.3 is 0 Å². The second-order valence-electron chi connectivity index (χ2n) is 5.57. The lowest BCUT2D eigenvalue weighted by atomic mass is 10.1. The van der Waals surface area contributed by atoms with Crippen molar-refractivity contribution in [1.29, 1.82) is 0 Å². The van der Waals surface area contributed by atoms with Crippen LogP contribution in [-0.2, 0) is 10.0 Å². The topological polar surface area (TPSA) is 72.4 Å². The molecule has 0 aliphatic carbocycles. The number of hydrogen-bond acceptors (Lipinski definition) is 5. The normalized spacial score (nSPS) is 19.4. The monoisotopic (exact) mass is 333 g/mol. The predicted molar refractivity (Wildman–Crippen MR) is 85.6 cm³/mol. The first kappa shape index (κ1) is 15.9. The molecular weight excluding hydrogens is 314 g/mol. The number of ether oxygens (including phenoxy) is 1. The molecule has 122 valence electrons. The van der Waals surface area contributed by atoms with Gasteiger partial charge < -0.3 is 4.74 Å². The molecule has 6 nitrogen and oxygen atoms in total. The van der Waals surface area contributed by atoms with Crippen molar-refractivity contribution in [2.75, 3.05) is 13.1 Å². The number of aromatic nitrogens is 2. The minimum atomic E-state index is -3.48. The maximum Gasteiger partial charge on any atom is 0.243 e. The smallest absolute Gasteiger partial charge is 0.243 e. The standard InChI is InChI=1S/C16H19N3O3S/c1-13-9-10-16(18-17-13)22-14-6-5-11-19(12-14)23(20,21)15-7-3-2-4-8-15/h2-4,7-10,14H,5-6,11-12H2,1H3. The summed E-state index contributed by atoms with van der Waals surface area (Å²) in [6.07, 6.45) is 1.35. The van der Waals surface area contributed by atoms with Crippen LogP contribution in [-0.4, -0.2) is 42.1 Å². The fourth-order valence-corrected chi connectivity index (χ4v) is 4.11. The number of hydrogen-bond donors (Lipinski definition) is 0. The molecular formula is C16H19N3O3S. The molecule has 1 aliphatic rings. The Labute approximate surface area is 136 Å². The number of rotatable bonds is 4. The minimum Gasteiger partial charge on any atom is -0.472 e. The van der Waals surface area contributed by atoms with Crippen molar-refractivity contribution in [1.82, 2.24) is 14.5 Å². The fourth-order valence-electron chi connectivity index (χ4n) is 2.58. The van der Waals surface area contributed by atoms with E-state index in [0.29, 0.717) is 23.9 Å². The Kier molecular flexibility index (Phi) is 4.58. The van der Waals surface area contributed by atoms with Crippen molar-refractivity contribution in [2.45, 2.75) is 30.8 Å². The highest BCUT2D eigenvalue weighted by Gasteiger charge is 2.31. The number of piperidine rings is 1. The van der Waals surface area contributed by atoms with Gasteiger partial charge in [-0.2, -0.15) is 9.40 Å². The predicted octanol–water partition coefficient (Wildman–Crippen LogP) is 2.02. The molecule has 0 bridgehead atoms. The summed E-state index contributed by atoms with van der Waals surface area (Å²) in [7, 11) is -3.48.